The molecule has 31 heavy (non-hydrogen) atoms. The minimum atomic E-state index is -0.856. The van der Waals surface area contributed by atoms with Gasteiger partial charge in [-0.05, 0) is 35.4 Å². The molecule has 1 aromatic carbocycles. The first-order valence-corrected chi connectivity index (χ1v) is 9.76. The molecule has 0 bridgehead atoms. The molecule has 1 amide bonds. The van der Waals surface area contributed by atoms with Gasteiger partial charge in [-0.15, -0.1) is 11.8 Å². The molecule has 3 rings (SSSR count). The number of carbonyl (C=O) groups excluding carboxylic acids is 1. The van der Waals surface area contributed by atoms with Crippen LogP contribution in [0.15, 0.2) is 41.6 Å². The van der Waals surface area contributed by atoms with Crippen LogP contribution in [0.2, 0.25) is 0 Å². The minimum Gasteiger partial charge on any atom is -0.383 e. The van der Waals surface area contributed by atoms with Crippen LogP contribution in [0, 0.1) is 34.3 Å². The smallest absolute Gasteiger partial charge is 0.269 e. The minimum absolute atomic E-state index is 0.00682. The van der Waals surface area contributed by atoms with Gasteiger partial charge in [-0.3, -0.25) is 9.78 Å². The third-order valence-electron chi connectivity index (χ3n) is 4.23. The molecule has 0 aliphatic heterocycles. The lowest BCUT2D eigenvalue weighted by molar-refractivity contribution is 0.0958. The van der Waals surface area contributed by atoms with Crippen molar-refractivity contribution in [2.24, 2.45) is 0 Å². The molecule has 0 saturated heterocycles. The monoisotopic (exact) mass is 436 g/mol. The van der Waals surface area contributed by atoms with Crippen molar-refractivity contribution in [2.45, 2.75) is 10.8 Å². The van der Waals surface area contributed by atoms with E-state index in [9.17, 15) is 24.1 Å². The second kappa shape index (κ2) is 9.20. The predicted octanol–water partition coefficient (Wildman–Crippen LogP) is 3.40. The van der Waals surface area contributed by atoms with E-state index in [2.05, 4.69) is 15.3 Å². The van der Waals surface area contributed by atoms with Crippen LogP contribution < -0.4 is 11.1 Å². The van der Waals surface area contributed by atoms with E-state index in [-0.39, 0.29) is 44.7 Å². The van der Waals surface area contributed by atoms with Crippen LogP contribution in [0.1, 0.15) is 27.2 Å². The first-order chi connectivity index (χ1) is 14.9. The Kier molecular flexibility index (Phi) is 6.43. The standard InChI is InChI=1S/C21H14F2N6OS/c1-27-20(30)17-4-11(2-3-28-17)10-31-21-16(9-25)18(15(8-24)19(26)29-21)12-5-13(22)7-14(23)6-12/h2-7H,10H2,1H3,(H2,26,29)(H,27,30). The SMILES string of the molecule is CNC(=O)c1cc(CSc2nc(N)c(C#N)c(-c3cc(F)cc(F)c3)c2C#N)ccn1. The summed E-state index contributed by atoms with van der Waals surface area (Å²) >= 11 is 1.13. The average Bonchev–Trinajstić information content (AvgIpc) is 2.76. The van der Waals surface area contributed by atoms with Gasteiger partial charge in [0.05, 0.1) is 5.56 Å². The first kappa shape index (κ1) is 21.7. The fourth-order valence-corrected chi connectivity index (χ4v) is 3.80. The normalized spacial score (nSPS) is 10.2. The van der Waals surface area contributed by atoms with Crippen LogP contribution in [0.4, 0.5) is 14.6 Å². The zero-order chi connectivity index (χ0) is 22.5. The number of pyridine rings is 2. The number of benzene rings is 1. The molecule has 0 spiro atoms. The van der Waals surface area contributed by atoms with Gasteiger partial charge in [0.2, 0.25) is 0 Å². The first-order valence-electron chi connectivity index (χ1n) is 8.77. The lowest BCUT2D eigenvalue weighted by Gasteiger charge is -2.13. The molecular weight excluding hydrogens is 422 g/mol. The van der Waals surface area contributed by atoms with E-state index in [1.807, 2.05) is 12.1 Å². The zero-order valence-electron chi connectivity index (χ0n) is 16.1. The van der Waals surface area contributed by atoms with Gasteiger partial charge in [-0.2, -0.15) is 10.5 Å². The summed E-state index contributed by atoms with van der Waals surface area (Å²) in [4.78, 5) is 19.9. The molecule has 0 atom stereocenters. The van der Waals surface area contributed by atoms with Crippen LogP contribution in [0.5, 0.6) is 0 Å². The summed E-state index contributed by atoms with van der Waals surface area (Å²) in [6.07, 6.45) is 1.48. The number of halogens is 2. The van der Waals surface area contributed by atoms with Gasteiger partial charge in [0.15, 0.2) is 0 Å². The van der Waals surface area contributed by atoms with Gasteiger partial charge in [-0.1, -0.05) is 0 Å². The molecule has 3 aromatic rings. The van der Waals surface area contributed by atoms with E-state index in [1.165, 1.54) is 13.2 Å². The summed E-state index contributed by atoms with van der Waals surface area (Å²) in [6, 6.07) is 9.84. The Morgan fingerprint density at radius 2 is 1.84 bits per heavy atom. The van der Waals surface area contributed by atoms with E-state index < -0.39 is 11.6 Å². The number of nitrogen functional groups attached to an aromatic ring is 1. The number of aromatic nitrogens is 2. The van der Waals surface area contributed by atoms with Gasteiger partial charge in [0.1, 0.15) is 45.9 Å². The third kappa shape index (κ3) is 4.60. The molecule has 7 nitrogen and oxygen atoms in total. The summed E-state index contributed by atoms with van der Waals surface area (Å²) in [7, 11) is 1.49. The Hall–Kier alpha value is -4.02. The Balaban J connectivity index is 2.07. The number of nitrogens with one attached hydrogen (secondary N) is 1. The second-order valence-electron chi connectivity index (χ2n) is 6.23. The van der Waals surface area contributed by atoms with Crippen LogP contribution in [0.25, 0.3) is 11.1 Å². The Morgan fingerprint density at radius 1 is 1.16 bits per heavy atom. The number of amides is 1. The highest BCUT2D eigenvalue weighted by molar-refractivity contribution is 7.98. The van der Waals surface area contributed by atoms with Crippen molar-refractivity contribution in [3.63, 3.8) is 0 Å². The molecule has 154 valence electrons. The number of anilines is 1. The van der Waals surface area contributed by atoms with E-state index >= 15 is 0 Å². The van der Waals surface area contributed by atoms with Crippen molar-refractivity contribution in [3.05, 3.63) is 70.5 Å². The Bertz CT molecular complexity index is 1250. The van der Waals surface area contributed by atoms with E-state index in [0.717, 1.165) is 29.5 Å². The highest BCUT2D eigenvalue weighted by Crippen LogP contribution is 2.37. The summed E-state index contributed by atoms with van der Waals surface area (Å²) in [6.45, 7) is 0. The number of thioether (sulfide) groups is 1. The maximum absolute atomic E-state index is 13.8. The lowest BCUT2D eigenvalue weighted by atomic mass is 9.96. The number of nitrogens with two attached hydrogens (primary N) is 1. The quantitative estimate of drug-likeness (QED) is 0.587. The van der Waals surface area contributed by atoms with Gasteiger partial charge >= 0.3 is 0 Å². The average molecular weight is 436 g/mol. The lowest BCUT2D eigenvalue weighted by Crippen LogP contribution is -2.19. The van der Waals surface area contributed by atoms with Crippen molar-refractivity contribution in [1.82, 2.24) is 15.3 Å². The largest absolute Gasteiger partial charge is 0.383 e. The number of nitriles is 2. The van der Waals surface area contributed by atoms with Crippen molar-refractivity contribution in [3.8, 4) is 23.3 Å². The number of carbonyl (C=O) groups is 1. The second-order valence-corrected chi connectivity index (χ2v) is 7.19. The highest BCUT2D eigenvalue weighted by Gasteiger charge is 2.21. The molecule has 0 radical (unpaired) electrons. The summed E-state index contributed by atoms with van der Waals surface area (Å²) < 4.78 is 27.6. The summed E-state index contributed by atoms with van der Waals surface area (Å²) in [5.74, 6) is -1.92. The van der Waals surface area contributed by atoms with Gasteiger partial charge < -0.3 is 11.1 Å². The number of nitrogens with zero attached hydrogens (tertiary/aromatic N) is 4. The number of rotatable bonds is 5. The van der Waals surface area contributed by atoms with Crippen LogP contribution >= 0.6 is 11.8 Å². The van der Waals surface area contributed by atoms with Crippen molar-refractivity contribution in [1.29, 1.82) is 10.5 Å². The molecule has 0 aliphatic carbocycles. The van der Waals surface area contributed by atoms with E-state index in [1.54, 1.807) is 12.1 Å². The van der Waals surface area contributed by atoms with E-state index in [4.69, 9.17) is 5.73 Å². The van der Waals surface area contributed by atoms with Gasteiger partial charge in [0.25, 0.3) is 5.91 Å². The molecule has 0 aliphatic rings. The van der Waals surface area contributed by atoms with E-state index in [0.29, 0.717) is 11.8 Å². The van der Waals surface area contributed by atoms with Crippen LogP contribution in [-0.2, 0) is 5.75 Å². The predicted molar refractivity (Wildman–Crippen MR) is 111 cm³/mol. The maximum Gasteiger partial charge on any atom is 0.269 e. The van der Waals surface area contributed by atoms with Crippen LogP contribution in [0.3, 0.4) is 0 Å². The third-order valence-corrected chi connectivity index (χ3v) is 5.27. The highest BCUT2D eigenvalue weighted by atomic mass is 32.2. The number of hydrogen-bond donors (Lipinski definition) is 2. The zero-order valence-corrected chi connectivity index (χ0v) is 16.9. The van der Waals surface area contributed by atoms with Crippen molar-refractivity contribution < 1.29 is 13.6 Å². The molecule has 0 fully saturated rings. The topological polar surface area (TPSA) is 128 Å². The summed E-state index contributed by atoms with van der Waals surface area (Å²) in [5.41, 5.74) is 6.72. The Morgan fingerprint density at radius 3 is 2.45 bits per heavy atom. The van der Waals surface area contributed by atoms with Gasteiger partial charge in [-0.25, -0.2) is 13.8 Å². The number of hydrogen-bond acceptors (Lipinski definition) is 7. The van der Waals surface area contributed by atoms with Crippen molar-refractivity contribution in [2.75, 3.05) is 12.8 Å². The summed E-state index contributed by atoms with van der Waals surface area (Å²) in [5, 5.41) is 21.9. The molecule has 2 aromatic heterocycles. The van der Waals surface area contributed by atoms with Crippen molar-refractivity contribution >= 4 is 23.5 Å². The molecule has 3 N–H and O–H groups in total. The fraction of sp³-hybridized carbons (Fsp3) is 0.0952. The molecule has 0 saturated carbocycles. The molecular formula is C21H14F2N6OS. The molecule has 0 unspecified atom stereocenters. The molecule has 2 heterocycles. The Labute approximate surface area is 180 Å². The molecule has 10 heteroatoms. The van der Waals surface area contributed by atoms with Crippen LogP contribution in [-0.4, -0.2) is 22.9 Å². The maximum atomic E-state index is 13.8. The fourth-order valence-electron chi connectivity index (χ4n) is 2.86. The van der Waals surface area contributed by atoms with Gasteiger partial charge in [0, 0.05) is 30.6 Å².